The molecule has 0 aliphatic heterocycles. The van der Waals surface area contributed by atoms with Crippen molar-refractivity contribution in [3.8, 4) is 11.1 Å². The molecule has 2 aromatic heterocycles. The van der Waals surface area contributed by atoms with Crippen molar-refractivity contribution in [2.24, 2.45) is 7.05 Å². The quantitative estimate of drug-likeness (QED) is 0.823. The normalized spacial score (nSPS) is 10.8. The first-order chi connectivity index (χ1) is 8.74. The molecule has 96 valence electrons. The van der Waals surface area contributed by atoms with E-state index in [9.17, 15) is 0 Å². The lowest BCUT2D eigenvalue weighted by atomic mass is 10.0. The summed E-state index contributed by atoms with van der Waals surface area (Å²) >= 11 is 0. The number of unbranched alkanes of at least 4 members (excludes halogenated alkanes) is 2. The van der Waals surface area contributed by atoms with Crippen molar-refractivity contribution >= 4 is 5.82 Å². The second-order valence-corrected chi connectivity index (χ2v) is 4.52. The molecule has 4 heteroatoms. The highest BCUT2D eigenvalue weighted by Gasteiger charge is 2.14. The van der Waals surface area contributed by atoms with E-state index in [1.54, 1.807) is 17.1 Å². The fraction of sp³-hybridized carbons (Fsp3) is 0.429. The summed E-state index contributed by atoms with van der Waals surface area (Å²) in [5.74, 6) is 0.729. The molecule has 0 aliphatic rings. The minimum atomic E-state index is 0.729. The van der Waals surface area contributed by atoms with E-state index in [4.69, 9.17) is 5.73 Å². The molecule has 0 fully saturated rings. The van der Waals surface area contributed by atoms with Crippen LogP contribution in [0.2, 0.25) is 0 Å². The largest absolute Gasteiger partial charge is 0.383 e. The molecular formula is C14H20N4. The van der Waals surface area contributed by atoms with Crippen LogP contribution in [-0.2, 0) is 13.5 Å². The van der Waals surface area contributed by atoms with Gasteiger partial charge in [-0.25, -0.2) is 0 Å². The Morgan fingerprint density at radius 2 is 1.94 bits per heavy atom. The zero-order valence-corrected chi connectivity index (χ0v) is 11.1. The average molecular weight is 244 g/mol. The third-order valence-corrected chi connectivity index (χ3v) is 3.15. The number of hydrogen-bond acceptors (Lipinski definition) is 3. The van der Waals surface area contributed by atoms with E-state index in [1.807, 2.05) is 19.2 Å². The Morgan fingerprint density at radius 3 is 2.61 bits per heavy atom. The molecule has 0 amide bonds. The molecule has 0 radical (unpaired) electrons. The van der Waals surface area contributed by atoms with Crippen LogP contribution in [0, 0.1) is 0 Å². The lowest BCUT2D eigenvalue weighted by molar-refractivity contribution is 0.685. The van der Waals surface area contributed by atoms with Gasteiger partial charge in [-0.15, -0.1) is 0 Å². The van der Waals surface area contributed by atoms with Crippen LogP contribution in [0.3, 0.4) is 0 Å². The van der Waals surface area contributed by atoms with Crippen molar-refractivity contribution < 1.29 is 0 Å². The van der Waals surface area contributed by atoms with Crippen molar-refractivity contribution in [3.63, 3.8) is 0 Å². The molecule has 4 nitrogen and oxygen atoms in total. The van der Waals surface area contributed by atoms with Gasteiger partial charge in [0.05, 0.1) is 5.69 Å². The fourth-order valence-electron chi connectivity index (χ4n) is 2.15. The number of anilines is 1. The number of hydrogen-bond donors (Lipinski definition) is 1. The van der Waals surface area contributed by atoms with Crippen LogP contribution in [-0.4, -0.2) is 14.8 Å². The molecule has 0 aromatic carbocycles. The number of nitrogen functional groups attached to an aromatic ring is 1. The lowest BCUT2D eigenvalue weighted by Crippen LogP contribution is -1.98. The molecular weight excluding hydrogens is 224 g/mol. The van der Waals surface area contributed by atoms with Crippen LogP contribution < -0.4 is 5.73 Å². The van der Waals surface area contributed by atoms with Crippen LogP contribution in [0.4, 0.5) is 5.82 Å². The maximum atomic E-state index is 6.12. The summed E-state index contributed by atoms with van der Waals surface area (Å²) in [6.07, 6.45) is 8.16. The summed E-state index contributed by atoms with van der Waals surface area (Å²) in [5.41, 5.74) is 9.38. The van der Waals surface area contributed by atoms with Gasteiger partial charge in [0.15, 0.2) is 0 Å². The summed E-state index contributed by atoms with van der Waals surface area (Å²) < 4.78 is 1.76. The molecule has 0 saturated heterocycles. The summed E-state index contributed by atoms with van der Waals surface area (Å²) in [7, 11) is 1.89. The van der Waals surface area contributed by atoms with Gasteiger partial charge < -0.3 is 5.73 Å². The van der Waals surface area contributed by atoms with Gasteiger partial charge in [-0.3, -0.25) is 9.67 Å². The smallest absolute Gasteiger partial charge is 0.129 e. The average Bonchev–Trinajstić information content (AvgIpc) is 2.67. The molecule has 0 bridgehead atoms. The van der Waals surface area contributed by atoms with Crippen LogP contribution in [0.25, 0.3) is 11.1 Å². The summed E-state index contributed by atoms with van der Waals surface area (Å²) in [5, 5.41) is 4.53. The molecule has 2 aromatic rings. The van der Waals surface area contributed by atoms with E-state index in [0.717, 1.165) is 35.5 Å². The second-order valence-electron chi connectivity index (χ2n) is 4.52. The number of nitrogens with zero attached hydrogens (tertiary/aromatic N) is 3. The number of rotatable bonds is 5. The topological polar surface area (TPSA) is 56.7 Å². The minimum absolute atomic E-state index is 0.729. The fourth-order valence-corrected chi connectivity index (χ4v) is 2.15. The van der Waals surface area contributed by atoms with Gasteiger partial charge in [0.2, 0.25) is 0 Å². The molecule has 0 atom stereocenters. The summed E-state index contributed by atoms with van der Waals surface area (Å²) in [6, 6.07) is 3.97. The Labute approximate surface area is 108 Å². The molecule has 2 rings (SSSR count). The van der Waals surface area contributed by atoms with Crippen molar-refractivity contribution in [2.75, 3.05) is 5.73 Å². The summed E-state index contributed by atoms with van der Waals surface area (Å²) in [6.45, 7) is 2.20. The first kappa shape index (κ1) is 12.6. The summed E-state index contributed by atoms with van der Waals surface area (Å²) in [4.78, 5) is 4.04. The Balaban J connectivity index is 2.33. The van der Waals surface area contributed by atoms with Crippen LogP contribution in [0.15, 0.2) is 24.5 Å². The van der Waals surface area contributed by atoms with E-state index in [-0.39, 0.29) is 0 Å². The van der Waals surface area contributed by atoms with Gasteiger partial charge in [-0.2, -0.15) is 5.10 Å². The Bertz CT molecular complexity index is 502. The first-order valence-corrected chi connectivity index (χ1v) is 6.45. The van der Waals surface area contributed by atoms with Gasteiger partial charge in [0.1, 0.15) is 5.82 Å². The van der Waals surface area contributed by atoms with Gasteiger partial charge in [-0.05, 0) is 30.5 Å². The highest BCUT2D eigenvalue weighted by Crippen LogP contribution is 2.29. The molecule has 18 heavy (non-hydrogen) atoms. The monoisotopic (exact) mass is 244 g/mol. The standard InChI is InChI=1S/C14H20N4/c1-3-4-5-6-12-13(14(15)18(2)17-12)11-7-9-16-10-8-11/h7-10H,3-6,15H2,1-2H3. The predicted molar refractivity (Wildman–Crippen MR) is 74.1 cm³/mol. The molecule has 2 heterocycles. The number of aromatic nitrogens is 3. The third-order valence-electron chi connectivity index (χ3n) is 3.15. The number of nitrogens with two attached hydrogens (primary N) is 1. The number of aryl methyl sites for hydroxylation is 2. The van der Waals surface area contributed by atoms with Crippen molar-refractivity contribution in [1.82, 2.24) is 14.8 Å². The molecule has 0 spiro atoms. The molecule has 0 unspecified atom stereocenters. The van der Waals surface area contributed by atoms with E-state index < -0.39 is 0 Å². The number of pyridine rings is 1. The van der Waals surface area contributed by atoms with Crippen LogP contribution in [0.1, 0.15) is 31.9 Å². The van der Waals surface area contributed by atoms with Crippen molar-refractivity contribution in [2.45, 2.75) is 32.6 Å². The van der Waals surface area contributed by atoms with E-state index >= 15 is 0 Å². The predicted octanol–water partition coefficient (Wildman–Crippen LogP) is 2.80. The molecule has 0 aliphatic carbocycles. The SMILES string of the molecule is CCCCCc1nn(C)c(N)c1-c1ccncc1. The Kier molecular flexibility index (Phi) is 3.97. The van der Waals surface area contributed by atoms with E-state index in [0.29, 0.717) is 0 Å². The first-order valence-electron chi connectivity index (χ1n) is 6.45. The third kappa shape index (κ3) is 2.53. The maximum absolute atomic E-state index is 6.12. The van der Waals surface area contributed by atoms with Crippen molar-refractivity contribution in [3.05, 3.63) is 30.2 Å². The highest BCUT2D eigenvalue weighted by atomic mass is 15.3. The Morgan fingerprint density at radius 1 is 1.22 bits per heavy atom. The molecule has 2 N–H and O–H groups in total. The van der Waals surface area contributed by atoms with Gasteiger partial charge in [0, 0.05) is 25.0 Å². The van der Waals surface area contributed by atoms with Gasteiger partial charge >= 0.3 is 0 Å². The van der Waals surface area contributed by atoms with Crippen molar-refractivity contribution in [1.29, 1.82) is 0 Å². The zero-order valence-electron chi connectivity index (χ0n) is 11.1. The van der Waals surface area contributed by atoms with Gasteiger partial charge in [-0.1, -0.05) is 19.8 Å². The molecule has 0 saturated carbocycles. The van der Waals surface area contributed by atoms with Crippen LogP contribution in [0.5, 0.6) is 0 Å². The highest BCUT2D eigenvalue weighted by molar-refractivity contribution is 5.76. The zero-order chi connectivity index (χ0) is 13.0. The van der Waals surface area contributed by atoms with E-state index in [2.05, 4.69) is 17.0 Å². The Hall–Kier alpha value is -1.84. The van der Waals surface area contributed by atoms with Gasteiger partial charge in [0.25, 0.3) is 0 Å². The van der Waals surface area contributed by atoms with Crippen LogP contribution >= 0.6 is 0 Å². The van der Waals surface area contributed by atoms with E-state index in [1.165, 1.54) is 12.8 Å². The lowest BCUT2D eigenvalue weighted by Gasteiger charge is -2.03. The maximum Gasteiger partial charge on any atom is 0.129 e. The minimum Gasteiger partial charge on any atom is -0.383 e. The second kappa shape index (κ2) is 5.67.